The molecule has 2 nitrogen and oxygen atoms in total. The predicted molar refractivity (Wildman–Crippen MR) is 123 cm³/mol. The van der Waals surface area contributed by atoms with Gasteiger partial charge in [0.25, 0.3) is 0 Å². The standard InChI is InChI=1S/C28H20F5NO/c1-35-9-8-17-12-25(31)27(26(32)13-17)20-6-7-21-19(14-20)5-4-18(28(21)33)3-2-16-10-23(29)22(15-34)24(30)11-16/h4-7,10-14H,2-3,8-9H2,1H3. The average Bonchev–Trinajstić information content (AvgIpc) is 2.82. The molecule has 0 saturated carbocycles. The molecule has 0 amide bonds. The highest BCUT2D eigenvalue weighted by molar-refractivity contribution is 5.88. The van der Waals surface area contributed by atoms with Gasteiger partial charge < -0.3 is 4.74 Å². The summed E-state index contributed by atoms with van der Waals surface area (Å²) < 4.78 is 77.2. The van der Waals surface area contributed by atoms with E-state index in [0.717, 1.165) is 12.1 Å². The maximum Gasteiger partial charge on any atom is 0.144 e. The van der Waals surface area contributed by atoms with Crippen molar-refractivity contribution in [3.8, 4) is 17.2 Å². The molecule has 7 heteroatoms. The Labute approximate surface area is 199 Å². The second-order valence-corrected chi connectivity index (χ2v) is 8.20. The minimum absolute atomic E-state index is 0.159. The van der Waals surface area contributed by atoms with Gasteiger partial charge in [0.1, 0.15) is 40.7 Å². The lowest BCUT2D eigenvalue weighted by atomic mass is 9.96. The van der Waals surface area contributed by atoms with E-state index in [1.807, 2.05) is 0 Å². The molecule has 4 rings (SSSR count). The van der Waals surface area contributed by atoms with Crippen LogP contribution in [0.15, 0.2) is 54.6 Å². The number of nitrogens with zero attached hydrogens (tertiary/aromatic N) is 1. The van der Waals surface area contributed by atoms with Crippen LogP contribution in [0.1, 0.15) is 22.3 Å². The van der Waals surface area contributed by atoms with E-state index >= 15 is 4.39 Å². The number of nitriles is 1. The van der Waals surface area contributed by atoms with Crippen LogP contribution >= 0.6 is 0 Å². The summed E-state index contributed by atoms with van der Waals surface area (Å²) in [5.74, 6) is -3.86. The molecule has 35 heavy (non-hydrogen) atoms. The third kappa shape index (κ3) is 5.03. The molecular formula is C28H20F5NO. The van der Waals surface area contributed by atoms with Crippen molar-refractivity contribution in [2.75, 3.05) is 13.7 Å². The molecule has 0 heterocycles. The Bertz CT molecular complexity index is 1410. The largest absolute Gasteiger partial charge is 0.384 e. The van der Waals surface area contributed by atoms with Crippen LogP contribution < -0.4 is 0 Å². The third-order valence-corrected chi connectivity index (χ3v) is 5.92. The Morgan fingerprint density at radius 3 is 2.00 bits per heavy atom. The van der Waals surface area contributed by atoms with E-state index in [0.29, 0.717) is 35.1 Å². The highest BCUT2D eigenvalue weighted by Gasteiger charge is 2.16. The van der Waals surface area contributed by atoms with Crippen LogP contribution in [-0.2, 0) is 24.0 Å². The summed E-state index contributed by atoms with van der Waals surface area (Å²) >= 11 is 0. The fourth-order valence-electron chi connectivity index (χ4n) is 4.11. The fourth-order valence-corrected chi connectivity index (χ4v) is 4.11. The Morgan fingerprint density at radius 1 is 0.743 bits per heavy atom. The van der Waals surface area contributed by atoms with Crippen molar-refractivity contribution in [3.63, 3.8) is 0 Å². The van der Waals surface area contributed by atoms with E-state index in [-0.39, 0.29) is 29.4 Å². The highest BCUT2D eigenvalue weighted by Crippen LogP contribution is 2.32. The molecule has 0 fully saturated rings. The SMILES string of the molecule is COCCc1cc(F)c(-c2ccc3c(F)c(CCc4cc(F)c(C#N)c(F)c4)ccc3c2)c(F)c1. The molecule has 0 N–H and O–H groups in total. The second kappa shape index (κ2) is 10.2. The maximum atomic E-state index is 15.2. The topological polar surface area (TPSA) is 33.0 Å². The number of methoxy groups -OCH3 is 1. The van der Waals surface area contributed by atoms with Gasteiger partial charge in [-0.1, -0.05) is 24.3 Å². The Hall–Kier alpha value is -3.76. The summed E-state index contributed by atoms with van der Waals surface area (Å²) in [6.45, 7) is 0.338. The van der Waals surface area contributed by atoms with Crippen LogP contribution in [0.4, 0.5) is 22.0 Å². The normalized spacial score (nSPS) is 11.1. The van der Waals surface area contributed by atoms with Crippen LogP contribution in [0.5, 0.6) is 0 Å². The number of hydrogen-bond acceptors (Lipinski definition) is 2. The van der Waals surface area contributed by atoms with Crippen molar-refractivity contribution in [1.82, 2.24) is 0 Å². The number of rotatable bonds is 7. The molecule has 0 aliphatic heterocycles. The van der Waals surface area contributed by atoms with Gasteiger partial charge in [-0.05, 0) is 77.2 Å². The number of hydrogen-bond donors (Lipinski definition) is 0. The number of halogens is 5. The number of ether oxygens (including phenoxy) is 1. The molecule has 0 spiro atoms. The highest BCUT2D eigenvalue weighted by atomic mass is 19.1. The zero-order valence-corrected chi connectivity index (χ0v) is 18.8. The molecule has 0 aliphatic carbocycles. The first-order valence-corrected chi connectivity index (χ1v) is 10.9. The summed E-state index contributed by atoms with van der Waals surface area (Å²) in [4.78, 5) is 0. The van der Waals surface area contributed by atoms with Gasteiger partial charge in [0.15, 0.2) is 0 Å². The molecule has 0 aromatic heterocycles. The average molecular weight is 481 g/mol. The van der Waals surface area contributed by atoms with Gasteiger partial charge >= 0.3 is 0 Å². The van der Waals surface area contributed by atoms with E-state index in [1.54, 1.807) is 12.1 Å². The number of aryl methyl sites for hydroxylation is 2. The lowest BCUT2D eigenvalue weighted by molar-refractivity contribution is 0.202. The maximum absolute atomic E-state index is 15.2. The Morgan fingerprint density at radius 2 is 1.37 bits per heavy atom. The molecule has 0 bridgehead atoms. The van der Waals surface area contributed by atoms with E-state index in [1.165, 1.54) is 43.5 Å². The summed E-state index contributed by atoms with van der Waals surface area (Å²) in [6, 6.07) is 13.7. The molecular weight excluding hydrogens is 461 g/mol. The summed E-state index contributed by atoms with van der Waals surface area (Å²) in [6.07, 6.45) is 0.699. The Balaban J connectivity index is 1.61. The number of benzene rings is 4. The quantitative estimate of drug-likeness (QED) is 0.265. The van der Waals surface area contributed by atoms with Crippen LogP contribution in [0.3, 0.4) is 0 Å². The van der Waals surface area contributed by atoms with Crippen molar-refractivity contribution in [1.29, 1.82) is 5.26 Å². The first kappa shape index (κ1) is 24.4. The van der Waals surface area contributed by atoms with Crippen molar-refractivity contribution >= 4 is 10.8 Å². The smallest absolute Gasteiger partial charge is 0.144 e. The van der Waals surface area contributed by atoms with Gasteiger partial charge in [-0.15, -0.1) is 0 Å². The van der Waals surface area contributed by atoms with Crippen molar-refractivity contribution in [2.24, 2.45) is 0 Å². The minimum Gasteiger partial charge on any atom is -0.384 e. The second-order valence-electron chi connectivity index (χ2n) is 8.20. The fraction of sp³-hybridized carbons (Fsp3) is 0.179. The van der Waals surface area contributed by atoms with Gasteiger partial charge in [0, 0.05) is 12.5 Å². The summed E-state index contributed by atoms with van der Waals surface area (Å²) in [5, 5.41) is 9.50. The monoisotopic (exact) mass is 481 g/mol. The zero-order chi connectivity index (χ0) is 25.1. The first-order valence-electron chi connectivity index (χ1n) is 10.9. The predicted octanol–water partition coefficient (Wildman–Crippen LogP) is 7.05. The van der Waals surface area contributed by atoms with Gasteiger partial charge in [0.2, 0.25) is 0 Å². The zero-order valence-electron chi connectivity index (χ0n) is 18.8. The summed E-state index contributed by atoms with van der Waals surface area (Å²) in [5.41, 5.74) is 0.538. The van der Waals surface area contributed by atoms with Gasteiger partial charge in [-0.3, -0.25) is 0 Å². The van der Waals surface area contributed by atoms with Gasteiger partial charge in [-0.2, -0.15) is 5.26 Å². The molecule has 0 saturated heterocycles. The van der Waals surface area contributed by atoms with E-state index in [4.69, 9.17) is 10.00 Å². The van der Waals surface area contributed by atoms with Crippen LogP contribution in [0.2, 0.25) is 0 Å². The molecule has 4 aromatic carbocycles. The lowest BCUT2D eigenvalue weighted by Gasteiger charge is -2.11. The van der Waals surface area contributed by atoms with E-state index < -0.39 is 34.6 Å². The number of fused-ring (bicyclic) bond motifs is 1. The molecule has 4 aromatic rings. The van der Waals surface area contributed by atoms with Crippen molar-refractivity contribution in [3.05, 3.63) is 106 Å². The molecule has 0 aliphatic rings. The van der Waals surface area contributed by atoms with Crippen molar-refractivity contribution in [2.45, 2.75) is 19.3 Å². The molecule has 0 radical (unpaired) electrons. The summed E-state index contributed by atoms with van der Waals surface area (Å²) in [7, 11) is 1.51. The van der Waals surface area contributed by atoms with Crippen LogP contribution in [0.25, 0.3) is 21.9 Å². The van der Waals surface area contributed by atoms with Gasteiger partial charge in [-0.25, -0.2) is 22.0 Å². The molecule has 0 unspecified atom stereocenters. The molecule has 178 valence electrons. The van der Waals surface area contributed by atoms with E-state index in [2.05, 4.69) is 0 Å². The van der Waals surface area contributed by atoms with Crippen LogP contribution in [0, 0.1) is 40.4 Å². The van der Waals surface area contributed by atoms with Gasteiger partial charge in [0.05, 0.1) is 12.2 Å². The van der Waals surface area contributed by atoms with Crippen molar-refractivity contribution < 1.29 is 26.7 Å². The Kier molecular flexibility index (Phi) is 7.13. The first-order chi connectivity index (χ1) is 16.8. The van der Waals surface area contributed by atoms with Crippen LogP contribution in [-0.4, -0.2) is 13.7 Å². The minimum atomic E-state index is -0.958. The third-order valence-electron chi connectivity index (χ3n) is 5.92. The molecule has 0 atom stereocenters. The van der Waals surface area contributed by atoms with E-state index in [9.17, 15) is 17.6 Å². The lowest BCUT2D eigenvalue weighted by Crippen LogP contribution is -2.00.